The standard InChI is InChI=1S/C15H19N3O2/c1-10-12(11-7-5-6-8-13(11)17-10)9-16-18-14(19)20-15(2,3)4/h5-9,17H,1-4H3,(H,18,19)/b16-9+. The van der Waals surface area contributed by atoms with Crippen molar-refractivity contribution in [1.82, 2.24) is 10.4 Å². The van der Waals surface area contributed by atoms with Gasteiger partial charge in [-0.15, -0.1) is 0 Å². The molecule has 20 heavy (non-hydrogen) atoms. The summed E-state index contributed by atoms with van der Waals surface area (Å²) in [5.74, 6) is 0. The summed E-state index contributed by atoms with van der Waals surface area (Å²) in [4.78, 5) is 14.7. The van der Waals surface area contributed by atoms with Gasteiger partial charge in [0.25, 0.3) is 0 Å². The van der Waals surface area contributed by atoms with Crippen LogP contribution in [0.4, 0.5) is 4.79 Å². The molecule has 0 atom stereocenters. The Morgan fingerprint density at radius 2 is 2.05 bits per heavy atom. The maximum Gasteiger partial charge on any atom is 0.428 e. The molecule has 0 spiro atoms. The minimum Gasteiger partial charge on any atom is -0.443 e. The van der Waals surface area contributed by atoms with Crippen molar-refractivity contribution in [3.05, 3.63) is 35.5 Å². The predicted molar refractivity (Wildman–Crippen MR) is 80.0 cm³/mol. The lowest BCUT2D eigenvalue weighted by Gasteiger charge is -2.18. The number of nitrogens with zero attached hydrogens (tertiary/aromatic N) is 1. The van der Waals surface area contributed by atoms with E-state index in [1.807, 2.05) is 31.2 Å². The Morgan fingerprint density at radius 1 is 1.35 bits per heavy atom. The highest BCUT2D eigenvalue weighted by Gasteiger charge is 2.15. The highest BCUT2D eigenvalue weighted by Crippen LogP contribution is 2.19. The van der Waals surface area contributed by atoms with Crippen LogP contribution in [0.2, 0.25) is 0 Å². The highest BCUT2D eigenvalue weighted by molar-refractivity contribution is 6.00. The Bertz CT molecular complexity index is 651. The molecule has 0 unspecified atom stereocenters. The fraction of sp³-hybridized carbons (Fsp3) is 0.333. The van der Waals surface area contributed by atoms with Crippen molar-refractivity contribution in [2.75, 3.05) is 0 Å². The molecule has 2 aromatic rings. The number of aromatic nitrogens is 1. The fourth-order valence-corrected chi connectivity index (χ4v) is 1.92. The van der Waals surface area contributed by atoms with Crippen molar-refractivity contribution >= 4 is 23.2 Å². The molecule has 5 heteroatoms. The summed E-state index contributed by atoms with van der Waals surface area (Å²) in [6, 6.07) is 7.95. The third-order valence-electron chi connectivity index (χ3n) is 2.69. The molecule has 0 radical (unpaired) electrons. The maximum atomic E-state index is 11.5. The van der Waals surface area contributed by atoms with Crippen LogP contribution in [0, 0.1) is 6.92 Å². The van der Waals surface area contributed by atoms with Gasteiger partial charge in [0, 0.05) is 22.2 Å². The number of rotatable bonds is 2. The molecular weight excluding hydrogens is 254 g/mol. The smallest absolute Gasteiger partial charge is 0.428 e. The molecule has 0 saturated heterocycles. The third-order valence-corrected chi connectivity index (χ3v) is 2.69. The lowest BCUT2D eigenvalue weighted by molar-refractivity contribution is 0.0529. The Balaban J connectivity index is 2.11. The normalized spacial score (nSPS) is 12.0. The van der Waals surface area contributed by atoms with Crippen molar-refractivity contribution in [3.63, 3.8) is 0 Å². The first-order valence-corrected chi connectivity index (χ1v) is 6.46. The van der Waals surface area contributed by atoms with Crippen molar-refractivity contribution in [2.45, 2.75) is 33.3 Å². The number of carbonyl (C=O) groups is 1. The summed E-state index contributed by atoms with van der Waals surface area (Å²) in [6.45, 7) is 7.38. The summed E-state index contributed by atoms with van der Waals surface area (Å²) in [5.41, 5.74) is 4.83. The van der Waals surface area contributed by atoms with Crippen LogP contribution in [0.3, 0.4) is 0 Å². The van der Waals surface area contributed by atoms with Gasteiger partial charge < -0.3 is 9.72 Å². The molecule has 2 N–H and O–H groups in total. The zero-order valence-corrected chi connectivity index (χ0v) is 12.2. The SMILES string of the molecule is Cc1[nH]c2ccccc2c1/C=N/NC(=O)OC(C)(C)C. The topological polar surface area (TPSA) is 66.5 Å². The molecular formula is C15H19N3O2. The lowest BCUT2D eigenvalue weighted by atomic mass is 10.1. The van der Waals surface area contributed by atoms with E-state index >= 15 is 0 Å². The average Bonchev–Trinajstić information content (AvgIpc) is 2.64. The second-order valence-electron chi connectivity index (χ2n) is 5.58. The van der Waals surface area contributed by atoms with Gasteiger partial charge in [-0.25, -0.2) is 10.2 Å². The first kappa shape index (κ1) is 14.1. The van der Waals surface area contributed by atoms with Gasteiger partial charge >= 0.3 is 6.09 Å². The van der Waals surface area contributed by atoms with Crippen LogP contribution in [0.1, 0.15) is 32.0 Å². The fourth-order valence-electron chi connectivity index (χ4n) is 1.92. The van der Waals surface area contributed by atoms with Crippen molar-refractivity contribution in [3.8, 4) is 0 Å². The number of hydrogen-bond acceptors (Lipinski definition) is 3. The van der Waals surface area contributed by atoms with Gasteiger partial charge in [0.15, 0.2) is 0 Å². The van der Waals surface area contributed by atoms with E-state index in [4.69, 9.17) is 4.74 Å². The van der Waals surface area contributed by atoms with Crippen LogP contribution < -0.4 is 5.43 Å². The number of benzene rings is 1. The zero-order valence-electron chi connectivity index (χ0n) is 12.2. The largest absolute Gasteiger partial charge is 0.443 e. The van der Waals surface area contributed by atoms with E-state index in [1.165, 1.54) is 0 Å². The Hall–Kier alpha value is -2.30. The van der Waals surface area contributed by atoms with E-state index in [-0.39, 0.29) is 0 Å². The number of aromatic amines is 1. The molecule has 1 aromatic heterocycles. The van der Waals surface area contributed by atoms with Gasteiger partial charge in [0.2, 0.25) is 0 Å². The van der Waals surface area contributed by atoms with Gasteiger partial charge in [0.05, 0.1) is 6.21 Å². The summed E-state index contributed by atoms with van der Waals surface area (Å²) < 4.78 is 5.10. The van der Waals surface area contributed by atoms with E-state index in [0.717, 1.165) is 22.2 Å². The molecule has 0 aliphatic rings. The zero-order chi connectivity index (χ0) is 14.8. The van der Waals surface area contributed by atoms with E-state index in [1.54, 1.807) is 27.0 Å². The number of H-pyrrole nitrogens is 1. The highest BCUT2D eigenvalue weighted by atomic mass is 16.6. The minimum atomic E-state index is -0.564. The van der Waals surface area contributed by atoms with Gasteiger partial charge in [-0.05, 0) is 33.8 Å². The predicted octanol–water partition coefficient (Wildman–Crippen LogP) is 3.33. The molecule has 1 aromatic carbocycles. The van der Waals surface area contributed by atoms with E-state index < -0.39 is 11.7 Å². The first-order valence-electron chi connectivity index (χ1n) is 6.46. The number of hydrazone groups is 1. The van der Waals surface area contributed by atoms with E-state index in [2.05, 4.69) is 15.5 Å². The van der Waals surface area contributed by atoms with Crippen molar-refractivity contribution in [1.29, 1.82) is 0 Å². The average molecular weight is 273 g/mol. The number of ether oxygens (including phenoxy) is 1. The first-order chi connectivity index (χ1) is 9.37. The molecule has 0 bridgehead atoms. The number of amides is 1. The van der Waals surface area contributed by atoms with Crippen LogP contribution in [-0.2, 0) is 4.74 Å². The number of hydrogen-bond donors (Lipinski definition) is 2. The molecule has 0 aliphatic carbocycles. The van der Waals surface area contributed by atoms with Crippen LogP contribution in [0.15, 0.2) is 29.4 Å². The van der Waals surface area contributed by atoms with Crippen LogP contribution in [0.25, 0.3) is 10.9 Å². The molecule has 0 saturated carbocycles. The molecule has 0 aliphatic heterocycles. The van der Waals surface area contributed by atoms with Gasteiger partial charge in [-0.3, -0.25) is 0 Å². The molecule has 0 fully saturated rings. The third kappa shape index (κ3) is 3.38. The molecule has 106 valence electrons. The molecule has 1 heterocycles. The van der Waals surface area contributed by atoms with Gasteiger partial charge in [-0.1, -0.05) is 18.2 Å². The number of aryl methyl sites for hydroxylation is 1. The molecule has 2 rings (SSSR count). The second-order valence-corrected chi connectivity index (χ2v) is 5.58. The number of para-hydroxylation sites is 1. The summed E-state index contributed by atoms with van der Waals surface area (Å²) in [5, 5.41) is 5.01. The summed E-state index contributed by atoms with van der Waals surface area (Å²) in [7, 11) is 0. The molecule has 5 nitrogen and oxygen atoms in total. The Kier molecular flexibility index (Phi) is 3.79. The van der Waals surface area contributed by atoms with E-state index in [0.29, 0.717) is 0 Å². The number of fused-ring (bicyclic) bond motifs is 1. The monoisotopic (exact) mass is 273 g/mol. The van der Waals surface area contributed by atoms with Crippen LogP contribution in [-0.4, -0.2) is 22.9 Å². The lowest BCUT2D eigenvalue weighted by Crippen LogP contribution is -2.29. The van der Waals surface area contributed by atoms with Crippen molar-refractivity contribution in [2.24, 2.45) is 5.10 Å². The second kappa shape index (κ2) is 5.36. The van der Waals surface area contributed by atoms with Crippen molar-refractivity contribution < 1.29 is 9.53 Å². The van der Waals surface area contributed by atoms with Gasteiger partial charge in [0.1, 0.15) is 5.60 Å². The molecule has 1 amide bonds. The summed E-state index contributed by atoms with van der Waals surface area (Å²) in [6.07, 6.45) is 1.06. The Morgan fingerprint density at radius 3 is 2.75 bits per heavy atom. The van der Waals surface area contributed by atoms with E-state index in [9.17, 15) is 4.79 Å². The number of nitrogens with one attached hydrogen (secondary N) is 2. The quantitative estimate of drug-likeness (QED) is 0.651. The van der Waals surface area contributed by atoms with Crippen LogP contribution in [0.5, 0.6) is 0 Å². The maximum absolute atomic E-state index is 11.5. The summed E-state index contributed by atoms with van der Waals surface area (Å²) >= 11 is 0. The number of carbonyl (C=O) groups excluding carboxylic acids is 1. The Labute approximate surface area is 118 Å². The van der Waals surface area contributed by atoms with Crippen LogP contribution >= 0.6 is 0 Å². The minimum absolute atomic E-state index is 0.531. The van der Waals surface area contributed by atoms with Gasteiger partial charge in [-0.2, -0.15) is 5.10 Å².